The van der Waals surface area contributed by atoms with Gasteiger partial charge >= 0.3 is 0 Å². The predicted octanol–water partition coefficient (Wildman–Crippen LogP) is 2.78. The van der Waals surface area contributed by atoms with Crippen LogP contribution in [0.2, 0.25) is 0 Å². The standard InChI is InChI=1S/C21H34N4O2S/c1-20(2)16-25(21(20,3)4)19(22-5)23-15-17-11-13-24(14-12-17)28(26,27)18-9-7-6-8-10-18/h6-10,17H,11-16H2,1-5H3,(H,22,23). The predicted molar refractivity (Wildman–Crippen MR) is 114 cm³/mol. The van der Waals surface area contributed by atoms with Crippen LogP contribution in [0.4, 0.5) is 0 Å². The van der Waals surface area contributed by atoms with E-state index < -0.39 is 10.0 Å². The van der Waals surface area contributed by atoms with Gasteiger partial charge in [-0.15, -0.1) is 0 Å². The van der Waals surface area contributed by atoms with Crippen LogP contribution in [0, 0.1) is 11.3 Å². The first-order valence-electron chi connectivity index (χ1n) is 10.1. The lowest BCUT2D eigenvalue weighted by atomic mass is 9.65. The summed E-state index contributed by atoms with van der Waals surface area (Å²) in [4.78, 5) is 7.19. The van der Waals surface area contributed by atoms with Crippen LogP contribution < -0.4 is 5.32 Å². The molecule has 1 N–H and O–H groups in total. The lowest BCUT2D eigenvalue weighted by Gasteiger charge is -2.62. The van der Waals surface area contributed by atoms with Crippen LogP contribution in [0.15, 0.2) is 40.2 Å². The summed E-state index contributed by atoms with van der Waals surface area (Å²) in [5.41, 5.74) is 0.337. The van der Waals surface area contributed by atoms with Crippen molar-refractivity contribution in [3.05, 3.63) is 30.3 Å². The number of sulfonamides is 1. The summed E-state index contributed by atoms with van der Waals surface area (Å²) < 4.78 is 27.1. The zero-order valence-corrected chi connectivity index (χ0v) is 18.6. The maximum Gasteiger partial charge on any atom is 0.243 e. The van der Waals surface area contributed by atoms with Gasteiger partial charge in [-0.05, 0) is 44.7 Å². The van der Waals surface area contributed by atoms with Crippen molar-refractivity contribution < 1.29 is 8.42 Å². The van der Waals surface area contributed by atoms with Crippen molar-refractivity contribution in [1.82, 2.24) is 14.5 Å². The second kappa shape index (κ2) is 7.67. The Morgan fingerprint density at radius 3 is 2.25 bits per heavy atom. The SMILES string of the molecule is CN=C(NCC1CCN(S(=O)(=O)c2ccccc2)CC1)N1CC(C)(C)C1(C)C. The van der Waals surface area contributed by atoms with Crippen LogP contribution in [0.1, 0.15) is 40.5 Å². The van der Waals surface area contributed by atoms with Crippen LogP contribution in [0.5, 0.6) is 0 Å². The fraction of sp³-hybridized carbons (Fsp3) is 0.667. The van der Waals surface area contributed by atoms with Gasteiger partial charge in [0.1, 0.15) is 0 Å². The summed E-state index contributed by atoms with van der Waals surface area (Å²) >= 11 is 0. The van der Waals surface area contributed by atoms with Gasteiger partial charge in [0.05, 0.1) is 4.90 Å². The average molecular weight is 407 g/mol. The van der Waals surface area contributed by atoms with Gasteiger partial charge in [-0.25, -0.2) is 8.42 Å². The highest BCUT2D eigenvalue weighted by Crippen LogP contribution is 2.46. The number of hydrogen-bond donors (Lipinski definition) is 1. The first-order valence-corrected chi connectivity index (χ1v) is 11.6. The molecule has 3 rings (SSSR count). The van der Waals surface area contributed by atoms with E-state index in [2.05, 4.69) is 42.9 Å². The summed E-state index contributed by atoms with van der Waals surface area (Å²) in [6.45, 7) is 12.1. The first kappa shape index (κ1) is 21.1. The quantitative estimate of drug-likeness (QED) is 0.617. The lowest BCUT2D eigenvalue weighted by molar-refractivity contribution is -0.0668. The van der Waals surface area contributed by atoms with Crippen LogP contribution >= 0.6 is 0 Å². The summed E-state index contributed by atoms with van der Waals surface area (Å²) in [6.07, 6.45) is 1.73. The highest BCUT2D eigenvalue weighted by molar-refractivity contribution is 7.89. The van der Waals surface area contributed by atoms with Crippen molar-refractivity contribution in [2.45, 2.75) is 51.0 Å². The summed E-state index contributed by atoms with van der Waals surface area (Å²) in [5.74, 6) is 1.40. The van der Waals surface area contributed by atoms with Gasteiger partial charge in [0.2, 0.25) is 10.0 Å². The molecule has 0 aliphatic carbocycles. The molecule has 0 unspecified atom stereocenters. The van der Waals surface area contributed by atoms with Gasteiger partial charge < -0.3 is 10.2 Å². The van der Waals surface area contributed by atoms with Gasteiger partial charge in [0, 0.05) is 44.2 Å². The van der Waals surface area contributed by atoms with E-state index in [-0.39, 0.29) is 11.0 Å². The fourth-order valence-corrected chi connectivity index (χ4v) is 5.52. The largest absolute Gasteiger partial charge is 0.356 e. The molecule has 2 fully saturated rings. The number of piperidine rings is 1. The second-order valence-electron chi connectivity index (χ2n) is 9.12. The molecule has 0 radical (unpaired) electrons. The summed E-state index contributed by atoms with van der Waals surface area (Å²) in [7, 11) is -1.54. The van der Waals surface area contributed by atoms with Crippen LogP contribution in [-0.4, -0.2) is 62.3 Å². The summed E-state index contributed by atoms with van der Waals surface area (Å²) in [5, 5.41) is 3.53. The van der Waals surface area contributed by atoms with Crippen LogP contribution in [0.3, 0.4) is 0 Å². The Hall–Kier alpha value is -1.60. The minimum Gasteiger partial charge on any atom is -0.356 e. The van der Waals surface area contributed by atoms with E-state index in [1.54, 1.807) is 28.6 Å². The molecule has 0 aromatic heterocycles. The molecule has 0 atom stereocenters. The van der Waals surface area contributed by atoms with Crippen molar-refractivity contribution in [2.75, 3.05) is 33.2 Å². The van der Waals surface area contributed by atoms with Crippen molar-refractivity contribution >= 4 is 16.0 Å². The van der Waals surface area contributed by atoms with E-state index in [0.29, 0.717) is 23.9 Å². The molecule has 1 aromatic carbocycles. The molecule has 0 spiro atoms. The zero-order chi connectivity index (χ0) is 20.6. The minimum atomic E-state index is -3.38. The fourth-order valence-electron chi connectivity index (χ4n) is 4.03. The number of benzene rings is 1. The number of nitrogens with zero attached hydrogens (tertiary/aromatic N) is 3. The van der Waals surface area contributed by atoms with Gasteiger partial charge in [-0.3, -0.25) is 4.99 Å². The molecule has 0 amide bonds. The van der Waals surface area contributed by atoms with Crippen LogP contribution in [0.25, 0.3) is 0 Å². The topological polar surface area (TPSA) is 65.0 Å². The lowest BCUT2D eigenvalue weighted by Crippen LogP contribution is -2.72. The highest BCUT2D eigenvalue weighted by Gasteiger charge is 2.53. The number of likely N-dealkylation sites (tertiary alicyclic amines) is 1. The monoisotopic (exact) mass is 406 g/mol. The third-order valence-corrected chi connectivity index (χ3v) is 8.77. The molecule has 2 saturated heterocycles. The number of guanidine groups is 1. The minimum absolute atomic E-state index is 0.0714. The molecule has 156 valence electrons. The molecule has 0 bridgehead atoms. The normalized spacial score (nSPS) is 23.3. The van der Waals surface area contributed by atoms with Crippen molar-refractivity contribution in [2.24, 2.45) is 16.3 Å². The van der Waals surface area contributed by atoms with E-state index in [9.17, 15) is 8.42 Å². The van der Waals surface area contributed by atoms with Gasteiger partial charge in [-0.1, -0.05) is 32.0 Å². The van der Waals surface area contributed by atoms with Crippen molar-refractivity contribution in [1.29, 1.82) is 0 Å². The Morgan fingerprint density at radius 2 is 1.75 bits per heavy atom. The summed E-state index contributed by atoms with van der Waals surface area (Å²) in [6, 6.07) is 8.72. The molecular formula is C21H34N4O2S. The van der Waals surface area contributed by atoms with Crippen molar-refractivity contribution in [3.8, 4) is 0 Å². The van der Waals surface area contributed by atoms with Gasteiger partial charge in [-0.2, -0.15) is 4.31 Å². The molecule has 28 heavy (non-hydrogen) atoms. The maximum absolute atomic E-state index is 12.8. The number of aliphatic imine (C=N–C) groups is 1. The molecule has 2 heterocycles. The number of rotatable bonds is 4. The third-order valence-electron chi connectivity index (χ3n) is 6.86. The Bertz CT molecular complexity index is 810. The molecule has 2 aliphatic heterocycles. The molecule has 7 heteroatoms. The van der Waals surface area contributed by atoms with E-state index in [1.165, 1.54) is 0 Å². The van der Waals surface area contributed by atoms with E-state index >= 15 is 0 Å². The first-order chi connectivity index (χ1) is 13.1. The van der Waals surface area contributed by atoms with E-state index in [4.69, 9.17) is 0 Å². The van der Waals surface area contributed by atoms with E-state index in [1.807, 2.05) is 13.1 Å². The van der Waals surface area contributed by atoms with Crippen LogP contribution in [-0.2, 0) is 10.0 Å². The molecule has 1 aromatic rings. The molecular weight excluding hydrogens is 372 g/mol. The Kier molecular flexibility index (Phi) is 5.79. The Morgan fingerprint density at radius 1 is 1.14 bits per heavy atom. The Balaban J connectivity index is 1.52. The average Bonchev–Trinajstić information content (AvgIpc) is 2.68. The van der Waals surface area contributed by atoms with Crippen molar-refractivity contribution in [3.63, 3.8) is 0 Å². The molecule has 0 saturated carbocycles. The smallest absolute Gasteiger partial charge is 0.243 e. The number of hydrogen-bond acceptors (Lipinski definition) is 3. The molecule has 6 nitrogen and oxygen atoms in total. The molecule has 2 aliphatic rings. The second-order valence-corrected chi connectivity index (χ2v) is 11.1. The Labute approximate surface area is 170 Å². The highest BCUT2D eigenvalue weighted by atomic mass is 32.2. The third kappa shape index (κ3) is 3.79. The van der Waals surface area contributed by atoms with Gasteiger partial charge in [0.15, 0.2) is 5.96 Å². The number of nitrogens with one attached hydrogen (secondary N) is 1. The zero-order valence-electron chi connectivity index (χ0n) is 17.8. The maximum atomic E-state index is 12.8. The van der Waals surface area contributed by atoms with E-state index in [0.717, 1.165) is 31.9 Å². The van der Waals surface area contributed by atoms with Gasteiger partial charge in [0.25, 0.3) is 0 Å².